The van der Waals surface area contributed by atoms with Crippen molar-refractivity contribution < 1.29 is 14.6 Å². The number of aromatic hydroxyl groups is 1. The van der Waals surface area contributed by atoms with E-state index < -0.39 is 0 Å². The maximum Gasteiger partial charge on any atom is 0.314 e. The number of urea groups is 1. The van der Waals surface area contributed by atoms with Gasteiger partial charge in [-0.3, -0.25) is 0 Å². The van der Waals surface area contributed by atoms with E-state index in [1.165, 1.54) is 12.8 Å². The zero-order valence-electron chi connectivity index (χ0n) is 15.4. The Labute approximate surface area is 151 Å². The number of carbonyl (C=O) groups excluding carboxylic acids is 1. The number of unbranched alkanes of at least 4 members (excludes halogenated alkanes) is 5. The number of amides is 2. The first-order chi connectivity index (χ1) is 12.1. The van der Waals surface area contributed by atoms with E-state index in [1.54, 1.807) is 29.2 Å². The van der Waals surface area contributed by atoms with Crippen molar-refractivity contribution in [1.82, 2.24) is 4.90 Å². The number of ether oxygens (including phenoxy) is 1. The van der Waals surface area contributed by atoms with Crippen molar-refractivity contribution in [2.75, 3.05) is 31.7 Å². The fourth-order valence-electron chi connectivity index (χ4n) is 2.53. The number of phenolic OH excluding ortho intramolecular Hbond substituents is 1. The molecule has 0 radical (unpaired) electrons. The van der Waals surface area contributed by atoms with E-state index in [0.29, 0.717) is 13.3 Å². The first kappa shape index (κ1) is 21.1. The molecule has 6 nitrogen and oxygen atoms in total. The van der Waals surface area contributed by atoms with Gasteiger partial charge in [0.15, 0.2) is 0 Å². The van der Waals surface area contributed by atoms with Gasteiger partial charge in [0.1, 0.15) is 12.5 Å². The standard InChI is InChI=1S/C19H33N3O3/c1-2-3-4-6-13-22(19(20)24)14-7-5-8-15-25-16-21-17-9-11-18(23)12-10-17/h9-12,21,23H,2-8,13-16H2,1H3,(H2,20,24). The summed E-state index contributed by atoms with van der Waals surface area (Å²) < 4.78 is 5.54. The van der Waals surface area contributed by atoms with Gasteiger partial charge in [0.05, 0.1) is 0 Å². The number of primary amides is 1. The van der Waals surface area contributed by atoms with E-state index in [1.807, 2.05) is 0 Å². The Morgan fingerprint density at radius 3 is 2.32 bits per heavy atom. The molecule has 4 N–H and O–H groups in total. The van der Waals surface area contributed by atoms with Crippen LogP contribution in [0.1, 0.15) is 51.9 Å². The van der Waals surface area contributed by atoms with Crippen molar-refractivity contribution in [1.29, 1.82) is 0 Å². The van der Waals surface area contributed by atoms with Crippen molar-refractivity contribution in [2.45, 2.75) is 51.9 Å². The molecule has 0 unspecified atom stereocenters. The second-order valence-electron chi connectivity index (χ2n) is 6.22. The van der Waals surface area contributed by atoms with Crippen LogP contribution >= 0.6 is 0 Å². The molecular weight excluding hydrogens is 318 g/mol. The number of benzene rings is 1. The van der Waals surface area contributed by atoms with Crippen LogP contribution in [0.5, 0.6) is 5.75 Å². The first-order valence-electron chi connectivity index (χ1n) is 9.28. The van der Waals surface area contributed by atoms with Gasteiger partial charge in [-0.05, 0) is 49.9 Å². The summed E-state index contributed by atoms with van der Waals surface area (Å²) in [6.45, 7) is 4.79. The lowest BCUT2D eigenvalue weighted by Gasteiger charge is -2.20. The predicted molar refractivity (Wildman–Crippen MR) is 102 cm³/mol. The molecule has 1 aromatic carbocycles. The SMILES string of the molecule is CCCCCCN(CCCCCOCNc1ccc(O)cc1)C(N)=O. The van der Waals surface area contributed by atoms with Gasteiger partial charge < -0.3 is 25.8 Å². The lowest BCUT2D eigenvalue weighted by molar-refractivity contribution is 0.146. The van der Waals surface area contributed by atoms with Crippen LogP contribution in [0.15, 0.2) is 24.3 Å². The summed E-state index contributed by atoms with van der Waals surface area (Å²) in [7, 11) is 0. The van der Waals surface area contributed by atoms with Crippen molar-refractivity contribution >= 4 is 11.7 Å². The second-order valence-corrected chi connectivity index (χ2v) is 6.22. The number of hydrogen-bond donors (Lipinski definition) is 3. The molecule has 142 valence electrons. The minimum absolute atomic E-state index is 0.252. The molecule has 25 heavy (non-hydrogen) atoms. The molecule has 0 saturated heterocycles. The summed E-state index contributed by atoms with van der Waals surface area (Å²) >= 11 is 0. The fraction of sp³-hybridized carbons (Fsp3) is 0.632. The molecule has 0 aliphatic rings. The average molecular weight is 351 g/mol. The number of hydrogen-bond acceptors (Lipinski definition) is 4. The van der Waals surface area contributed by atoms with Gasteiger partial charge in [0.2, 0.25) is 0 Å². The first-order valence-corrected chi connectivity index (χ1v) is 9.28. The van der Waals surface area contributed by atoms with Crippen LogP contribution in [-0.4, -0.2) is 42.5 Å². The molecule has 6 heteroatoms. The van der Waals surface area contributed by atoms with E-state index in [0.717, 1.165) is 50.9 Å². The summed E-state index contributed by atoms with van der Waals surface area (Å²) in [4.78, 5) is 13.2. The van der Waals surface area contributed by atoms with Gasteiger partial charge in [-0.2, -0.15) is 0 Å². The molecule has 0 fully saturated rings. The van der Waals surface area contributed by atoms with Gasteiger partial charge in [-0.15, -0.1) is 0 Å². The molecule has 0 aliphatic carbocycles. The Bertz CT molecular complexity index is 465. The number of nitrogens with two attached hydrogens (primary N) is 1. The minimum Gasteiger partial charge on any atom is -0.508 e. The van der Waals surface area contributed by atoms with Crippen molar-refractivity contribution in [3.63, 3.8) is 0 Å². The van der Waals surface area contributed by atoms with Crippen LogP contribution in [0.2, 0.25) is 0 Å². The fourth-order valence-corrected chi connectivity index (χ4v) is 2.53. The van der Waals surface area contributed by atoms with Crippen LogP contribution in [0.25, 0.3) is 0 Å². The summed E-state index contributed by atoms with van der Waals surface area (Å²) in [5.41, 5.74) is 6.35. The number of anilines is 1. The highest BCUT2D eigenvalue weighted by molar-refractivity contribution is 5.71. The topological polar surface area (TPSA) is 87.8 Å². The Morgan fingerprint density at radius 2 is 1.72 bits per heavy atom. The van der Waals surface area contributed by atoms with Gasteiger partial charge in [-0.1, -0.05) is 26.2 Å². The molecule has 0 heterocycles. The highest BCUT2D eigenvalue weighted by atomic mass is 16.5. The molecule has 0 bridgehead atoms. The van der Waals surface area contributed by atoms with E-state index >= 15 is 0 Å². The normalized spacial score (nSPS) is 10.6. The summed E-state index contributed by atoms with van der Waals surface area (Å²) in [6.07, 6.45) is 7.51. The monoisotopic (exact) mass is 351 g/mol. The van der Waals surface area contributed by atoms with E-state index in [-0.39, 0.29) is 11.8 Å². The number of nitrogens with zero attached hydrogens (tertiary/aromatic N) is 1. The molecule has 0 saturated carbocycles. The van der Waals surface area contributed by atoms with Gasteiger partial charge in [0.25, 0.3) is 0 Å². The van der Waals surface area contributed by atoms with Gasteiger partial charge in [-0.25, -0.2) is 4.79 Å². The maximum absolute atomic E-state index is 11.4. The second kappa shape index (κ2) is 13.4. The number of nitrogens with one attached hydrogen (secondary N) is 1. The van der Waals surface area contributed by atoms with Gasteiger partial charge in [0, 0.05) is 25.4 Å². The Kier molecular flexibility index (Phi) is 11.3. The molecule has 0 aliphatic heterocycles. The van der Waals surface area contributed by atoms with Crippen molar-refractivity contribution in [2.24, 2.45) is 5.73 Å². The lowest BCUT2D eigenvalue weighted by atomic mass is 10.2. The molecule has 0 spiro atoms. The number of rotatable bonds is 14. The third-order valence-electron chi connectivity index (χ3n) is 4.06. The summed E-state index contributed by atoms with van der Waals surface area (Å²) in [6, 6.07) is 6.56. The third kappa shape index (κ3) is 10.5. The Morgan fingerprint density at radius 1 is 1.08 bits per heavy atom. The largest absolute Gasteiger partial charge is 0.508 e. The van der Waals surface area contributed by atoms with Gasteiger partial charge >= 0.3 is 6.03 Å². The average Bonchev–Trinajstić information content (AvgIpc) is 2.60. The minimum atomic E-state index is -0.314. The van der Waals surface area contributed by atoms with E-state index in [4.69, 9.17) is 10.5 Å². The summed E-state index contributed by atoms with van der Waals surface area (Å²) in [5, 5.41) is 12.3. The smallest absolute Gasteiger partial charge is 0.314 e. The lowest BCUT2D eigenvalue weighted by Crippen LogP contribution is -2.37. The number of carbonyl (C=O) groups is 1. The van der Waals surface area contributed by atoms with Crippen LogP contribution in [0, 0.1) is 0 Å². The summed E-state index contributed by atoms with van der Waals surface area (Å²) in [5.74, 6) is 0.252. The third-order valence-corrected chi connectivity index (χ3v) is 4.06. The van der Waals surface area contributed by atoms with Crippen LogP contribution < -0.4 is 11.1 Å². The van der Waals surface area contributed by atoms with E-state index in [2.05, 4.69) is 12.2 Å². The van der Waals surface area contributed by atoms with E-state index in [9.17, 15) is 9.90 Å². The van der Waals surface area contributed by atoms with Crippen LogP contribution in [0.4, 0.5) is 10.5 Å². The molecule has 1 aromatic rings. The molecule has 0 aromatic heterocycles. The van der Waals surface area contributed by atoms with Crippen LogP contribution in [0.3, 0.4) is 0 Å². The highest BCUT2D eigenvalue weighted by Gasteiger charge is 2.08. The maximum atomic E-state index is 11.4. The molecular formula is C19H33N3O3. The Hall–Kier alpha value is -1.95. The zero-order chi connectivity index (χ0) is 18.3. The molecule has 1 rings (SSSR count). The quantitative estimate of drug-likeness (QED) is 0.269. The molecule has 2 amide bonds. The van der Waals surface area contributed by atoms with Crippen molar-refractivity contribution in [3.05, 3.63) is 24.3 Å². The van der Waals surface area contributed by atoms with Crippen LogP contribution in [-0.2, 0) is 4.74 Å². The zero-order valence-corrected chi connectivity index (χ0v) is 15.4. The molecule has 0 atom stereocenters. The number of phenols is 1. The van der Waals surface area contributed by atoms with Crippen molar-refractivity contribution in [3.8, 4) is 5.75 Å². The highest BCUT2D eigenvalue weighted by Crippen LogP contribution is 2.13. The Balaban J connectivity index is 2.00. The predicted octanol–water partition coefficient (Wildman–Crippen LogP) is 3.91.